The van der Waals surface area contributed by atoms with Crippen LogP contribution in [0.25, 0.3) is 0 Å². The summed E-state index contributed by atoms with van der Waals surface area (Å²) in [5.74, 6) is 0. The van der Waals surface area contributed by atoms with E-state index in [1.165, 1.54) is 48.1 Å². The van der Waals surface area contributed by atoms with Crippen LogP contribution in [-0.4, -0.2) is 0 Å². The Morgan fingerprint density at radius 3 is 2.74 bits per heavy atom. The highest BCUT2D eigenvalue weighted by atomic mass is 79.9. The smallest absolute Gasteiger partial charge is 0.0401 e. The lowest BCUT2D eigenvalue weighted by molar-refractivity contribution is 0.686. The van der Waals surface area contributed by atoms with Crippen LogP contribution in [0.3, 0.4) is 0 Å². The minimum atomic E-state index is 0.885. The summed E-state index contributed by atoms with van der Waals surface area (Å²) >= 11 is 3.52. The summed E-state index contributed by atoms with van der Waals surface area (Å²) in [6.07, 6.45) is 5.11. The lowest BCUT2D eigenvalue weighted by Gasteiger charge is -2.20. The van der Waals surface area contributed by atoms with Gasteiger partial charge in [0.2, 0.25) is 0 Å². The number of fused-ring (bicyclic) bond motifs is 1. The van der Waals surface area contributed by atoms with Crippen molar-refractivity contribution in [2.24, 2.45) is 0 Å². The van der Waals surface area contributed by atoms with Crippen LogP contribution in [0.1, 0.15) is 29.5 Å². The highest BCUT2D eigenvalue weighted by Crippen LogP contribution is 2.28. The van der Waals surface area contributed by atoms with E-state index in [1.54, 1.807) is 0 Å². The summed E-state index contributed by atoms with van der Waals surface area (Å²) in [4.78, 5) is 0. The van der Waals surface area contributed by atoms with E-state index in [4.69, 9.17) is 0 Å². The van der Waals surface area contributed by atoms with Crippen molar-refractivity contribution in [1.29, 1.82) is 0 Å². The minimum Gasteiger partial charge on any atom is -0.381 e. The molecule has 0 atom stereocenters. The van der Waals surface area contributed by atoms with Gasteiger partial charge in [0.05, 0.1) is 0 Å². The van der Waals surface area contributed by atoms with Crippen molar-refractivity contribution in [2.45, 2.75) is 32.2 Å². The summed E-state index contributed by atoms with van der Waals surface area (Å²) in [7, 11) is 0. The Morgan fingerprint density at radius 2 is 1.84 bits per heavy atom. The molecule has 1 aliphatic rings. The van der Waals surface area contributed by atoms with E-state index >= 15 is 0 Å². The molecule has 1 aliphatic carbocycles. The van der Waals surface area contributed by atoms with Crippen LogP contribution < -0.4 is 5.32 Å². The van der Waals surface area contributed by atoms with E-state index in [-0.39, 0.29) is 0 Å². The van der Waals surface area contributed by atoms with Crippen molar-refractivity contribution in [1.82, 2.24) is 0 Å². The van der Waals surface area contributed by atoms with Crippen molar-refractivity contribution < 1.29 is 0 Å². The van der Waals surface area contributed by atoms with Gasteiger partial charge >= 0.3 is 0 Å². The first-order valence-electron chi connectivity index (χ1n) is 6.92. The molecule has 3 rings (SSSR count). The Hall–Kier alpha value is -1.28. The molecule has 0 bridgehead atoms. The standard InChI is InChI=1S/C17H18BrN/c18-15-8-3-5-13(11-15)12-19-17-10-4-7-14-6-1-2-9-16(14)17/h3-5,7-8,10-11,19H,1-2,6,9,12H2. The van der Waals surface area contributed by atoms with Crippen LogP contribution in [0.5, 0.6) is 0 Å². The Morgan fingerprint density at radius 1 is 1.00 bits per heavy atom. The second-order valence-corrected chi connectivity index (χ2v) is 6.05. The maximum absolute atomic E-state index is 3.60. The molecule has 0 fully saturated rings. The molecule has 0 aromatic heterocycles. The van der Waals surface area contributed by atoms with Gasteiger partial charge in [0.25, 0.3) is 0 Å². The fourth-order valence-electron chi connectivity index (χ4n) is 2.79. The zero-order valence-corrected chi connectivity index (χ0v) is 12.5. The lowest BCUT2D eigenvalue weighted by Crippen LogP contribution is -2.08. The summed E-state index contributed by atoms with van der Waals surface area (Å²) in [6.45, 7) is 0.885. The van der Waals surface area contributed by atoms with Crippen LogP contribution in [-0.2, 0) is 19.4 Å². The normalized spacial score (nSPS) is 13.9. The quantitative estimate of drug-likeness (QED) is 0.846. The second-order valence-electron chi connectivity index (χ2n) is 5.13. The van der Waals surface area contributed by atoms with Crippen molar-refractivity contribution in [2.75, 3.05) is 5.32 Å². The van der Waals surface area contributed by atoms with E-state index in [2.05, 4.69) is 63.7 Å². The SMILES string of the molecule is Brc1cccc(CNc2cccc3c2CCCC3)c1. The van der Waals surface area contributed by atoms with Gasteiger partial charge in [-0.25, -0.2) is 0 Å². The molecular formula is C17H18BrN. The van der Waals surface area contributed by atoms with Gasteiger partial charge in [-0.1, -0.05) is 40.2 Å². The average Bonchev–Trinajstić information content (AvgIpc) is 2.45. The molecule has 0 aliphatic heterocycles. The number of aryl methyl sites for hydroxylation is 1. The molecule has 0 amide bonds. The Balaban J connectivity index is 1.77. The number of benzene rings is 2. The van der Waals surface area contributed by atoms with Gasteiger partial charge in [-0.3, -0.25) is 0 Å². The summed E-state index contributed by atoms with van der Waals surface area (Å²) in [5, 5.41) is 3.60. The number of rotatable bonds is 3. The molecule has 0 unspecified atom stereocenters. The average molecular weight is 316 g/mol. The summed E-state index contributed by atoms with van der Waals surface area (Å²) < 4.78 is 1.14. The highest BCUT2D eigenvalue weighted by Gasteiger charge is 2.12. The number of anilines is 1. The third kappa shape index (κ3) is 3.01. The molecule has 0 saturated carbocycles. The fourth-order valence-corrected chi connectivity index (χ4v) is 3.24. The maximum Gasteiger partial charge on any atom is 0.0401 e. The van der Waals surface area contributed by atoms with Crippen LogP contribution >= 0.6 is 15.9 Å². The van der Waals surface area contributed by atoms with E-state index in [9.17, 15) is 0 Å². The van der Waals surface area contributed by atoms with Crippen molar-refractivity contribution in [3.05, 3.63) is 63.6 Å². The molecule has 0 saturated heterocycles. The molecule has 19 heavy (non-hydrogen) atoms. The minimum absolute atomic E-state index is 0.885. The van der Waals surface area contributed by atoms with E-state index in [1.807, 2.05) is 0 Å². The van der Waals surface area contributed by atoms with E-state index < -0.39 is 0 Å². The van der Waals surface area contributed by atoms with E-state index in [0.717, 1.165) is 11.0 Å². The molecular weight excluding hydrogens is 298 g/mol. The summed E-state index contributed by atoms with van der Waals surface area (Å²) in [5.41, 5.74) is 5.69. The predicted molar refractivity (Wildman–Crippen MR) is 84.6 cm³/mol. The first-order valence-corrected chi connectivity index (χ1v) is 7.71. The van der Waals surface area contributed by atoms with Crippen LogP contribution in [0.15, 0.2) is 46.9 Å². The Bertz CT molecular complexity index is 577. The first kappa shape index (κ1) is 12.7. The van der Waals surface area contributed by atoms with Crippen LogP contribution in [0.2, 0.25) is 0 Å². The largest absolute Gasteiger partial charge is 0.381 e. The van der Waals surface area contributed by atoms with Gasteiger partial charge in [0.15, 0.2) is 0 Å². The van der Waals surface area contributed by atoms with Gasteiger partial charge in [-0.05, 0) is 60.6 Å². The van der Waals surface area contributed by atoms with Crippen LogP contribution in [0, 0.1) is 0 Å². The molecule has 2 aromatic rings. The van der Waals surface area contributed by atoms with Crippen molar-refractivity contribution >= 4 is 21.6 Å². The topological polar surface area (TPSA) is 12.0 Å². The number of hydrogen-bond acceptors (Lipinski definition) is 1. The number of nitrogens with one attached hydrogen (secondary N) is 1. The van der Waals surface area contributed by atoms with Gasteiger partial charge in [-0.15, -0.1) is 0 Å². The molecule has 0 heterocycles. The summed E-state index contributed by atoms with van der Waals surface area (Å²) in [6, 6.07) is 15.1. The zero-order valence-electron chi connectivity index (χ0n) is 11.0. The number of hydrogen-bond donors (Lipinski definition) is 1. The molecule has 2 heteroatoms. The maximum atomic E-state index is 3.60. The Kier molecular flexibility index (Phi) is 3.88. The highest BCUT2D eigenvalue weighted by molar-refractivity contribution is 9.10. The molecule has 1 nitrogen and oxygen atoms in total. The zero-order chi connectivity index (χ0) is 13.1. The number of halogens is 1. The Labute approximate surface area is 123 Å². The molecule has 0 radical (unpaired) electrons. The predicted octanol–water partition coefficient (Wildman–Crippen LogP) is 4.94. The third-order valence-electron chi connectivity index (χ3n) is 3.77. The molecule has 0 spiro atoms. The molecule has 2 aromatic carbocycles. The van der Waals surface area contributed by atoms with Gasteiger partial charge in [0.1, 0.15) is 0 Å². The van der Waals surface area contributed by atoms with Gasteiger partial charge < -0.3 is 5.32 Å². The van der Waals surface area contributed by atoms with Gasteiger partial charge in [0, 0.05) is 16.7 Å². The van der Waals surface area contributed by atoms with Crippen molar-refractivity contribution in [3.63, 3.8) is 0 Å². The first-order chi connectivity index (χ1) is 9.33. The van der Waals surface area contributed by atoms with Crippen LogP contribution in [0.4, 0.5) is 5.69 Å². The fraction of sp³-hybridized carbons (Fsp3) is 0.294. The van der Waals surface area contributed by atoms with Crippen molar-refractivity contribution in [3.8, 4) is 0 Å². The lowest BCUT2D eigenvalue weighted by atomic mass is 9.90. The molecule has 1 N–H and O–H groups in total. The third-order valence-corrected chi connectivity index (χ3v) is 4.26. The monoisotopic (exact) mass is 315 g/mol. The second kappa shape index (κ2) is 5.79. The van der Waals surface area contributed by atoms with E-state index in [0.29, 0.717) is 0 Å². The molecule has 98 valence electrons. The van der Waals surface area contributed by atoms with Gasteiger partial charge in [-0.2, -0.15) is 0 Å².